The molecule has 202 valence electrons. The Labute approximate surface area is 249 Å². The second kappa shape index (κ2) is 10.6. The Balaban J connectivity index is 1.17. The lowest BCUT2D eigenvalue weighted by Crippen LogP contribution is -1.94. The van der Waals surface area contributed by atoms with Crippen LogP contribution in [0.5, 0.6) is 0 Å². The van der Waals surface area contributed by atoms with Crippen LogP contribution in [0, 0.1) is 0 Å². The molecule has 0 amide bonds. The third-order valence-electron chi connectivity index (χ3n) is 7.93. The lowest BCUT2D eigenvalue weighted by molar-refractivity contribution is 0.653. The highest BCUT2D eigenvalue weighted by molar-refractivity contribution is 6.10. The van der Waals surface area contributed by atoms with Gasteiger partial charge in [0.1, 0.15) is 5.58 Å². The van der Waals surface area contributed by atoms with Crippen molar-refractivity contribution >= 4 is 22.1 Å². The topological polar surface area (TPSA) is 38.9 Å². The third kappa shape index (κ3) is 4.67. The predicted octanol–water partition coefficient (Wildman–Crippen LogP) is 10.7. The minimum Gasteiger partial charge on any atom is -0.438 e. The molecule has 0 spiro atoms. The molecular weight excluding hydrogens is 524 g/mol. The first-order valence-corrected chi connectivity index (χ1v) is 14.4. The fourth-order valence-electron chi connectivity index (χ4n) is 5.76. The molecule has 2 heterocycles. The zero-order chi connectivity index (χ0) is 28.6. The van der Waals surface area contributed by atoms with Gasteiger partial charge in [-0.1, -0.05) is 140 Å². The van der Waals surface area contributed by atoms with Crippen LogP contribution in [0.3, 0.4) is 0 Å². The smallest absolute Gasteiger partial charge is 0.231 e. The molecule has 6 aromatic carbocycles. The van der Waals surface area contributed by atoms with E-state index < -0.39 is 0 Å². The number of hydrogen-bond donors (Lipinski definition) is 0. The van der Waals surface area contributed by atoms with Crippen LogP contribution in [0.25, 0.3) is 78.1 Å². The first-order chi connectivity index (χ1) is 21.3. The molecule has 2 aromatic heterocycles. The summed E-state index contributed by atoms with van der Waals surface area (Å²) in [5.41, 5.74) is 11.3. The number of nitrogens with zero attached hydrogens (tertiary/aromatic N) is 2. The Morgan fingerprint density at radius 3 is 1.51 bits per heavy atom. The van der Waals surface area contributed by atoms with Crippen LogP contribution in [0.2, 0.25) is 0 Å². The maximum absolute atomic E-state index is 6.23. The largest absolute Gasteiger partial charge is 0.438 e. The van der Waals surface area contributed by atoms with Gasteiger partial charge in [-0.05, 0) is 51.6 Å². The van der Waals surface area contributed by atoms with Crippen molar-refractivity contribution in [3.8, 4) is 56.0 Å². The molecule has 3 heteroatoms. The summed E-state index contributed by atoms with van der Waals surface area (Å²) >= 11 is 0. The summed E-state index contributed by atoms with van der Waals surface area (Å²) in [7, 11) is 0. The van der Waals surface area contributed by atoms with Crippen LogP contribution in [0.4, 0.5) is 0 Å². The fraction of sp³-hybridized carbons (Fsp3) is 0. The minimum absolute atomic E-state index is 0.595. The lowest BCUT2D eigenvalue weighted by atomic mass is 9.96. The van der Waals surface area contributed by atoms with Crippen molar-refractivity contribution in [2.75, 3.05) is 0 Å². The molecule has 0 radical (unpaired) electrons. The summed E-state index contributed by atoms with van der Waals surface area (Å²) in [6.45, 7) is 0. The van der Waals surface area contributed by atoms with Gasteiger partial charge < -0.3 is 4.42 Å². The normalized spacial score (nSPS) is 11.3. The summed E-state index contributed by atoms with van der Waals surface area (Å²) in [5, 5.41) is 1.96. The van der Waals surface area contributed by atoms with E-state index in [2.05, 4.69) is 115 Å². The maximum atomic E-state index is 6.23. The van der Waals surface area contributed by atoms with Crippen molar-refractivity contribution < 1.29 is 4.42 Å². The standard InChI is InChI=1S/C40H26N2O/c1-3-11-27(12-4-1)31-15-9-16-32(25-31)28-21-23-29(24-22-28)33-17-10-18-34(26-33)39-41-38(30-13-5-2-6-14-30)37-35-19-7-8-20-36(35)43-40(37)42-39/h1-26H. The van der Waals surface area contributed by atoms with Gasteiger partial charge in [-0.2, -0.15) is 4.98 Å². The van der Waals surface area contributed by atoms with E-state index in [9.17, 15) is 0 Å². The van der Waals surface area contributed by atoms with E-state index >= 15 is 0 Å². The SMILES string of the molecule is c1ccc(-c2cccc(-c3ccc(-c4cccc(-c5nc(-c6ccccc6)c6c(n5)oc5ccccc56)c4)cc3)c2)cc1. The van der Waals surface area contributed by atoms with E-state index in [0.29, 0.717) is 11.5 Å². The highest BCUT2D eigenvalue weighted by atomic mass is 16.3. The molecule has 0 atom stereocenters. The van der Waals surface area contributed by atoms with Crippen molar-refractivity contribution in [1.29, 1.82) is 0 Å². The third-order valence-corrected chi connectivity index (χ3v) is 7.93. The molecule has 0 bridgehead atoms. The van der Waals surface area contributed by atoms with Crippen molar-refractivity contribution in [1.82, 2.24) is 9.97 Å². The van der Waals surface area contributed by atoms with Crippen molar-refractivity contribution in [2.45, 2.75) is 0 Å². The van der Waals surface area contributed by atoms with Crippen molar-refractivity contribution in [3.63, 3.8) is 0 Å². The van der Waals surface area contributed by atoms with E-state index in [0.717, 1.165) is 44.3 Å². The Kier molecular flexibility index (Phi) is 6.12. The Hall–Kier alpha value is -5.80. The van der Waals surface area contributed by atoms with Crippen LogP contribution in [0.15, 0.2) is 162 Å². The lowest BCUT2D eigenvalue weighted by Gasteiger charge is -2.10. The van der Waals surface area contributed by atoms with E-state index in [1.165, 1.54) is 22.3 Å². The minimum atomic E-state index is 0.595. The maximum Gasteiger partial charge on any atom is 0.231 e. The van der Waals surface area contributed by atoms with Gasteiger partial charge in [-0.15, -0.1) is 0 Å². The zero-order valence-corrected chi connectivity index (χ0v) is 23.3. The number of fused-ring (bicyclic) bond motifs is 3. The molecule has 3 nitrogen and oxygen atoms in total. The number of rotatable bonds is 5. The summed E-state index contributed by atoms with van der Waals surface area (Å²) in [5.74, 6) is 0.640. The summed E-state index contributed by atoms with van der Waals surface area (Å²) in [6, 6.07) is 54.7. The van der Waals surface area contributed by atoms with Gasteiger partial charge in [-0.3, -0.25) is 0 Å². The van der Waals surface area contributed by atoms with Gasteiger partial charge >= 0.3 is 0 Å². The molecule has 0 aliphatic carbocycles. The molecule has 0 N–H and O–H groups in total. The first-order valence-electron chi connectivity index (χ1n) is 14.4. The van der Waals surface area contributed by atoms with Crippen LogP contribution in [-0.4, -0.2) is 9.97 Å². The van der Waals surface area contributed by atoms with E-state index in [-0.39, 0.29) is 0 Å². The molecule has 0 saturated heterocycles. The van der Waals surface area contributed by atoms with Crippen molar-refractivity contribution in [3.05, 3.63) is 158 Å². The van der Waals surface area contributed by atoms with Crippen LogP contribution in [0.1, 0.15) is 0 Å². The summed E-state index contributed by atoms with van der Waals surface area (Å²) in [4.78, 5) is 10.0. The fourth-order valence-corrected chi connectivity index (χ4v) is 5.76. The number of aromatic nitrogens is 2. The van der Waals surface area contributed by atoms with Gasteiger partial charge in [0.2, 0.25) is 5.71 Å². The first kappa shape index (κ1) is 25.0. The number of benzene rings is 6. The molecule has 0 unspecified atom stereocenters. The molecule has 0 aliphatic rings. The van der Waals surface area contributed by atoms with Gasteiger partial charge in [0, 0.05) is 16.5 Å². The van der Waals surface area contributed by atoms with Gasteiger partial charge in [-0.25, -0.2) is 4.98 Å². The molecular formula is C40H26N2O. The Morgan fingerprint density at radius 2 is 0.860 bits per heavy atom. The summed E-state index contributed by atoms with van der Waals surface area (Å²) < 4.78 is 6.23. The number of furan rings is 1. The van der Waals surface area contributed by atoms with E-state index in [1.807, 2.05) is 42.5 Å². The molecule has 0 aliphatic heterocycles. The summed E-state index contributed by atoms with van der Waals surface area (Å²) in [6.07, 6.45) is 0. The van der Waals surface area contributed by atoms with Crippen molar-refractivity contribution in [2.24, 2.45) is 0 Å². The van der Waals surface area contributed by atoms with E-state index in [1.54, 1.807) is 0 Å². The molecule has 0 saturated carbocycles. The Morgan fingerprint density at radius 1 is 0.372 bits per heavy atom. The average Bonchev–Trinajstić information content (AvgIpc) is 3.47. The molecule has 8 rings (SSSR count). The number of para-hydroxylation sites is 1. The molecule has 43 heavy (non-hydrogen) atoms. The monoisotopic (exact) mass is 550 g/mol. The average molecular weight is 551 g/mol. The van der Waals surface area contributed by atoms with Gasteiger partial charge in [0.25, 0.3) is 0 Å². The van der Waals surface area contributed by atoms with Crippen LogP contribution >= 0.6 is 0 Å². The molecule has 0 fully saturated rings. The second-order valence-corrected chi connectivity index (χ2v) is 10.6. The highest BCUT2D eigenvalue weighted by Crippen LogP contribution is 2.37. The second-order valence-electron chi connectivity index (χ2n) is 10.6. The number of hydrogen-bond acceptors (Lipinski definition) is 3. The van der Waals surface area contributed by atoms with Gasteiger partial charge in [0.15, 0.2) is 5.82 Å². The molecule has 8 aromatic rings. The Bertz CT molecular complexity index is 2220. The zero-order valence-electron chi connectivity index (χ0n) is 23.3. The van der Waals surface area contributed by atoms with Crippen LogP contribution < -0.4 is 0 Å². The highest BCUT2D eigenvalue weighted by Gasteiger charge is 2.18. The quantitative estimate of drug-likeness (QED) is 0.214. The van der Waals surface area contributed by atoms with Gasteiger partial charge in [0.05, 0.1) is 11.1 Å². The van der Waals surface area contributed by atoms with E-state index in [4.69, 9.17) is 14.4 Å². The predicted molar refractivity (Wildman–Crippen MR) is 176 cm³/mol. The van der Waals surface area contributed by atoms with Crippen LogP contribution in [-0.2, 0) is 0 Å².